The molecule has 1 N–H and O–H groups in total. The zero-order chi connectivity index (χ0) is 14.7. The van der Waals surface area contributed by atoms with E-state index >= 15 is 0 Å². The van der Waals surface area contributed by atoms with Crippen molar-refractivity contribution in [2.75, 3.05) is 13.2 Å². The maximum absolute atomic E-state index is 6.12. The van der Waals surface area contributed by atoms with Crippen LogP contribution in [-0.4, -0.2) is 23.3 Å². The Labute approximate surface area is 126 Å². The van der Waals surface area contributed by atoms with E-state index in [9.17, 15) is 0 Å². The van der Waals surface area contributed by atoms with Gasteiger partial charge in [0.1, 0.15) is 5.60 Å². The second-order valence-electron chi connectivity index (χ2n) is 6.59. The van der Waals surface area contributed by atoms with Crippen LogP contribution in [0.5, 0.6) is 0 Å². The Morgan fingerprint density at radius 3 is 2.95 bits per heavy atom. The first kappa shape index (κ1) is 15.0. The lowest BCUT2D eigenvalue weighted by molar-refractivity contribution is -0.0891. The van der Waals surface area contributed by atoms with Crippen LogP contribution in [0.25, 0.3) is 0 Å². The number of nitrogens with one attached hydrogen (secondary N) is 1. The van der Waals surface area contributed by atoms with E-state index in [0.717, 1.165) is 37.5 Å². The molecular formula is C16H27N3O2. The molecule has 0 bridgehead atoms. The van der Waals surface area contributed by atoms with Gasteiger partial charge in [0.2, 0.25) is 11.7 Å². The average molecular weight is 293 g/mol. The zero-order valence-corrected chi connectivity index (χ0v) is 13.2. The van der Waals surface area contributed by atoms with Crippen molar-refractivity contribution in [2.24, 2.45) is 5.92 Å². The molecule has 2 unspecified atom stereocenters. The number of rotatable bonds is 4. The average Bonchev–Trinajstić information content (AvgIpc) is 2.99. The van der Waals surface area contributed by atoms with Crippen LogP contribution in [0.3, 0.4) is 0 Å². The lowest BCUT2D eigenvalue weighted by Gasteiger charge is -2.37. The van der Waals surface area contributed by atoms with Crippen LogP contribution in [0.15, 0.2) is 4.52 Å². The van der Waals surface area contributed by atoms with E-state index in [2.05, 4.69) is 17.4 Å². The van der Waals surface area contributed by atoms with Crippen molar-refractivity contribution in [3.05, 3.63) is 11.7 Å². The maximum atomic E-state index is 6.12. The molecule has 2 aliphatic rings. The fraction of sp³-hybridized carbons (Fsp3) is 0.875. The summed E-state index contributed by atoms with van der Waals surface area (Å²) in [5.41, 5.74) is -0.331. The Morgan fingerprint density at radius 2 is 2.24 bits per heavy atom. The Hall–Kier alpha value is -0.940. The van der Waals surface area contributed by atoms with Gasteiger partial charge in [0.15, 0.2) is 0 Å². The fourth-order valence-electron chi connectivity index (χ4n) is 3.80. The van der Waals surface area contributed by atoms with Crippen LogP contribution in [-0.2, 0) is 10.3 Å². The van der Waals surface area contributed by atoms with Crippen molar-refractivity contribution in [1.82, 2.24) is 15.5 Å². The van der Waals surface area contributed by atoms with Gasteiger partial charge in [-0.25, -0.2) is 0 Å². The fourth-order valence-corrected chi connectivity index (χ4v) is 3.80. The van der Waals surface area contributed by atoms with Crippen molar-refractivity contribution >= 4 is 0 Å². The first-order chi connectivity index (χ1) is 10.2. The summed E-state index contributed by atoms with van der Waals surface area (Å²) in [6.45, 7) is 6.07. The highest BCUT2D eigenvalue weighted by Crippen LogP contribution is 2.42. The molecule has 1 aromatic rings. The molecule has 21 heavy (non-hydrogen) atoms. The van der Waals surface area contributed by atoms with Gasteiger partial charge in [0.25, 0.3) is 0 Å². The molecule has 0 amide bonds. The van der Waals surface area contributed by atoms with E-state index in [4.69, 9.17) is 14.2 Å². The molecule has 0 radical (unpaired) electrons. The minimum atomic E-state index is -0.331. The van der Waals surface area contributed by atoms with Gasteiger partial charge in [-0.1, -0.05) is 24.9 Å². The molecule has 118 valence electrons. The summed E-state index contributed by atoms with van der Waals surface area (Å²) < 4.78 is 11.7. The first-order valence-corrected chi connectivity index (χ1v) is 8.45. The highest BCUT2D eigenvalue weighted by atomic mass is 16.5. The second-order valence-corrected chi connectivity index (χ2v) is 6.59. The molecule has 3 rings (SSSR count). The molecule has 1 saturated carbocycles. The van der Waals surface area contributed by atoms with E-state index in [-0.39, 0.29) is 11.6 Å². The van der Waals surface area contributed by atoms with Crippen molar-refractivity contribution in [3.8, 4) is 0 Å². The van der Waals surface area contributed by atoms with Crippen LogP contribution >= 0.6 is 0 Å². The van der Waals surface area contributed by atoms with Gasteiger partial charge in [-0.3, -0.25) is 0 Å². The SMILES string of the molecule is CCOC1(c2noc([C@@H]3CCCCN3)n2)CCCC(C)C1. The lowest BCUT2D eigenvalue weighted by atomic mass is 9.78. The molecule has 0 spiro atoms. The molecular weight excluding hydrogens is 266 g/mol. The van der Waals surface area contributed by atoms with E-state index in [1.54, 1.807) is 0 Å². The molecule has 5 heteroatoms. The van der Waals surface area contributed by atoms with Gasteiger partial charge >= 0.3 is 0 Å². The predicted molar refractivity (Wildman–Crippen MR) is 79.8 cm³/mol. The van der Waals surface area contributed by atoms with Crippen molar-refractivity contribution in [2.45, 2.75) is 70.4 Å². The van der Waals surface area contributed by atoms with E-state index < -0.39 is 0 Å². The highest BCUT2D eigenvalue weighted by molar-refractivity contribution is 5.06. The number of nitrogens with zero attached hydrogens (tertiary/aromatic N) is 2. The topological polar surface area (TPSA) is 60.2 Å². The van der Waals surface area contributed by atoms with Crippen LogP contribution in [0.1, 0.15) is 76.6 Å². The standard InChI is InChI=1S/C16H27N3O2/c1-3-20-16(9-6-7-12(2)11-16)15-18-14(21-19-15)13-8-4-5-10-17-13/h12-13,17H,3-11H2,1-2H3/t12?,13-,16?/m0/s1. The quantitative estimate of drug-likeness (QED) is 0.922. The third-order valence-corrected chi connectivity index (χ3v) is 4.83. The van der Waals surface area contributed by atoms with Crippen LogP contribution < -0.4 is 5.32 Å². The van der Waals surface area contributed by atoms with E-state index in [1.807, 2.05) is 6.92 Å². The molecule has 3 atom stereocenters. The van der Waals surface area contributed by atoms with Gasteiger partial charge in [-0.15, -0.1) is 0 Å². The smallest absolute Gasteiger partial charge is 0.243 e. The van der Waals surface area contributed by atoms with Crippen molar-refractivity contribution in [3.63, 3.8) is 0 Å². The summed E-state index contributed by atoms with van der Waals surface area (Å²) in [7, 11) is 0. The largest absolute Gasteiger partial charge is 0.367 e. The molecule has 1 saturated heterocycles. The molecule has 1 aliphatic carbocycles. The third-order valence-electron chi connectivity index (χ3n) is 4.83. The first-order valence-electron chi connectivity index (χ1n) is 8.45. The monoisotopic (exact) mass is 293 g/mol. The third kappa shape index (κ3) is 3.14. The van der Waals surface area contributed by atoms with Gasteiger partial charge in [0.05, 0.1) is 6.04 Å². The summed E-state index contributed by atoms with van der Waals surface area (Å²) in [6, 6.07) is 0.222. The zero-order valence-electron chi connectivity index (χ0n) is 13.2. The molecule has 0 aromatic carbocycles. The summed E-state index contributed by atoms with van der Waals surface area (Å²) in [5.74, 6) is 2.15. The van der Waals surface area contributed by atoms with Crippen molar-refractivity contribution < 1.29 is 9.26 Å². The van der Waals surface area contributed by atoms with Crippen LogP contribution in [0.2, 0.25) is 0 Å². The van der Waals surface area contributed by atoms with Gasteiger partial charge < -0.3 is 14.6 Å². The maximum Gasteiger partial charge on any atom is 0.243 e. The molecule has 1 aliphatic heterocycles. The van der Waals surface area contributed by atoms with Crippen molar-refractivity contribution in [1.29, 1.82) is 0 Å². The minimum absolute atomic E-state index is 0.222. The number of aromatic nitrogens is 2. The Kier molecular flexibility index (Phi) is 4.60. The molecule has 1 aromatic heterocycles. The highest BCUT2D eigenvalue weighted by Gasteiger charge is 2.42. The number of hydrogen-bond acceptors (Lipinski definition) is 5. The molecule has 2 fully saturated rings. The normalized spacial score (nSPS) is 34.0. The Morgan fingerprint density at radius 1 is 1.33 bits per heavy atom. The van der Waals surface area contributed by atoms with E-state index in [0.29, 0.717) is 12.5 Å². The van der Waals surface area contributed by atoms with Gasteiger partial charge in [-0.05, 0) is 51.5 Å². The minimum Gasteiger partial charge on any atom is -0.367 e. The number of ether oxygens (including phenoxy) is 1. The van der Waals surface area contributed by atoms with Gasteiger partial charge in [0, 0.05) is 6.61 Å². The summed E-state index contributed by atoms with van der Waals surface area (Å²) in [4.78, 5) is 4.72. The Bertz CT molecular complexity index is 452. The molecule has 2 heterocycles. The van der Waals surface area contributed by atoms with E-state index in [1.165, 1.54) is 25.7 Å². The second kappa shape index (κ2) is 6.44. The number of hydrogen-bond donors (Lipinski definition) is 1. The van der Waals surface area contributed by atoms with Gasteiger partial charge in [-0.2, -0.15) is 4.98 Å². The summed E-state index contributed by atoms with van der Waals surface area (Å²) >= 11 is 0. The predicted octanol–water partition coefficient (Wildman–Crippen LogP) is 3.33. The number of piperidine rings is 1. The molecule has 5 nitrogen and oxygen atoms in total. The Balaban J connectivity index is 1.81. The summed E-state index contributed by atoms with van der Waals surface area (Å²) in [5, 5.41) is 7.76. The lowest BCUT2D eigenvalue weighted by Crippen LogP contribution is -2.36. The van der Waals surface area contributed by atoms with Crippen LogP contribution in [0.4, 0.5) is 0 Å². The van der Waals surface area contributed by atoms with Crippen LogP contribution in [0, 0.1) is 5.92 Å². The summed E-state index contributed by atoms with van der Waals surface area (Å²) in [6.07, 6.45) is 7.98.